The van der Waals surface area contributed by atoms with Gasteiger partial charge in [-0.1, -0.05) is 20.3 Å². The fourth-order valence-corrected chi connectivity index (χ4v) is 1.53. The van der Waals surface area contributed by atoms with Crippen LogP contribution in [0, 0.1) is 5.92 Å². The number of aromatic carboxylic acids is 1. The molecule has 0 saturated carbocycles. The Hall–Kier alpha value is -1.89. The maximum absolute atomic E-state index is 11.7. The summed E-state index contributed by atoms with van der Waals surface area (Å²) in [5.41, 5.74) is 5.77. The molecule has 106 valence electrons. The van der Waals surface area contributed by atoms with E-state index in [4.69, 9.17) is 10.8 Å². The van der Waals surface area contributed by atoms with Crippen LogP contribution in [-0.4, -0.2) is 39.1 Å². The third-order valence-corrected chi connectivity index (χ3v) is 3.08. The first-order chi connectivity index (χ1) is 8.95. The Morgan fingerprint density at radius 2 is 2.26 bits per heavy atom. The lowest BCUT2D eigenvalue weighted by atomic mass is 9.99. The van der Waals surface area contributed by atoms with Gasteiger partial charge in [0.05, 0.1) is 12.4 Å². The van der Waals surface area contributed by atoms with Crippen LogP contribution in [0.15, 0.2) is 12.5 Å². The van der Waals surface area contributed by atoms with Gasteiger partial charge in [0.1, 0.15) is 0 Å². The number of aromatic nitrogens is 2. The number of nitrogens with one attached hydrogen (secondary N) is 1. The van der Waals surface area contributed by atoms with Crippen molar-refractivity contribution in [1.82, 2.24) is 14.9 Å². The number of nitrogens with two attached hydrogens (primary N) is 1. The summed E-state index contributed by atoms with van der Waals surface area (Å²) in [6, 6.07) is -0.512. The van der Waals surface area contributed by atoms with E-state index >= 15 is 0 Å². The molecule has 0 bridgehead atoms. The third kappa shape index (κ3) is 4.36. The van der Waals surface area contributed by atoms with Crippen molar-refractivity contribution in [3.8, 4) is 0 Å². The molecule has 1 aromatic rings. The Morgan fingerprint density at radius 1 is 1.58 bits per heavy atom. The standard InChI is InChI=1S/C12H20N4O3/c1-3-8(2)10(13)11(17)14-4-5-16-6-9(12(18)19)15-7-16/h6-8,10H,3-5,13H2,1-2H3,(H,14,17)(H,18,19)/t8?,10-/m0/s1. The topological polar surface area (TPSA) is 110 Å². The molecule has 1 heterocycles. The van der Waals surface area contributed by atoms with E-state index in [2.05, 4.69) is 10.3 Å². The Labute approximate surface area is 111 Å². The number of hydrogen-bond acceptors (Lipinski definition) is 4. The van der Waals surface area contributed by atoms with E-state index in [-0.39, 0.29) is 17.5 Å². The lowest BCUT2D eigenvalue weighted by Gasteiger charge is -2.17. The number of nitrogens with zero attached hydrogens (tertiary/aromatic N) is 2. The SMILES string of the molecule is CCC(C)[C@H](N)C(=O)NCCn1cnc(C(=O)O)c1. The van der Waals surface area contributed by atoms with Gasteiger partial charge in [-0.05, 0) is 5.92 Å². The Bertz CT molecular complexity index is 444. The second-order valence-electron chi connectivity index (χ2n) is 4.50. The van der Waals surface area contributed by atoms with E-state index in [0.717, 1.165) is 6.42 Å². The summed E-state index contributed by atoms with van der Waals surface area (Å²) in [6.45, 7) is 4.76. The Morgan fingerprint density at radius 3 is 2.79 bits per heavy atom. The quantitative estimate of drug-likeness (QED) is 0.648. The van der Waals surface area contributed by atoms with Gasteiger partial charge in [-0.25, -0.2) is 9.78 Å². The molecule has 0 aliphatic heterocycles. The number of carboxylic acids is 1. The largest absolute Gasteiger partial charge is 0.476 e. The van der Waals surface area contributed by atoms with Crippen molar-refractivity contribution in [2.45, 2.75) is 32.9 Å². The Kier molecular flexibility index (Phi) is 5.50. The zero-order valence-corrected chi connectivity index (χ0v) is 11.2. The molecule has 0 radical (unpaired) electrons. The molecule has 1 aromatic heterocycles. The second kappa shape index (κ2) is 6.89. The van der Waals surface area contributed by atoms with Crippen LogP contribution in [0.4, 0.5) is 0 Å². The number of carbonyl (C=O) groups is 2. The van der Waals surface area contributed by atoms with Crippen molar-refractivity contribution in [2.24, 2.45) is 11.7 Å². The van der Waals surface area contributed by atoms with Gasteiger partial charge < -0.3 is 20.7 Å². The lowest BCUT2D eigenvalue weighted by Crippen LogP contribution is -2.45. The first kappa shape index (κ1) is 15.2. The minimum absolute atomic E-state index is 0.0115. The average Bonchev–Trinajstić information content (AvgIpc) is 2.85. The molecule has 0 spiro atoms. The van der Waals surface area contributed by atoms with Gasteiger partial charge in [-0.2, -0.15) is 0 Å². The van der Waals surface area contributed by atoms with Crippen LogP contribution >= 0.6 is 0 Å². The van der Waals surface area contributed by atoms with Crippen molar-refractivity contribution in [2.75, 3.05) is 6.54 Å². The first-order valence-corrected chi connectivity index (χ1v) is 6.24. The highest BCUT2D eigenvalue weighted by atomic mass is 16.4. The molecule has 0 fully saturated rings. The molecule has 7 nitrogen and oxygen atoms in total. The fraction of sp³-hybridized carbons (Fsp3) is 0.583. The van der Waals surface area contributed by atoms with E-state index in [1.54, 1.807) is 4.57 Å². The van der Waals surface area contributed by atoms with E-state index in [0.29, 0.717) is 13.1 Å². The summed E-state index contributed by atoms with van der Waals surface area (Å²) in [6.07, 6.45) is 3.69. The molecule has 0 aromatic carbocycles. The van der Waals surface area contributed by atoms with Crippen LogP contribution in [0.1, 0.15) is 30.8 Å². The van der Waals surface area contributed by atoms with Crippen LogP contribution in [-0.2, 0) is 11.3 Å². The summed E-state index contributed by atoms with van der Waals surface area (Å²) in [7, 11) is 0. The zero-order chi connectivity index (χ0) is 14.4. The number of carboxylic acid groups (broad SMARTS) is 1. The molecular weight excluding hydrogens is 248 g/mol. The van der Waals surface area contributed by atoms with E-state index < -0.39 is 12.0 Å². The third-order valence-electron chi connectivity index (χ3n) is 3.08. The number of hydrogen-bond donors (Lipinski definition) is 3. The highest BCUT2D eigenvalue weighted by Gasteiger charge is 2.18. The molecule has 2 atom stereocenters. The van der Waals surface area contributed by atoms with Crippen LogP contribution < -0.4 is 11.1 Å². The van der Waals surface area contributed by atoms with E-state index in [1.165, 1.54) is 12.5 Å². The molecule has 7 heteroatoms. The van der Waals surface area contributed by atoms with Gasteiger partial charge in [0.25, 0.3) is 0 Å². The monoisotopic (exact) mass is 268 g/mol. The summed E-state index contributed by atoms with van der Waals surface area (Å²) in [4.78, 5) is 26.0. The summed E-state index contributed by atoms with van der Waals surface area (Å²) in [5.74, 6) is -1.12. The van der Waals surface area contributed by atoms with Crippen LogP contribution in [0.2, 0.25) is 0 Å². The summed E-state index contributed by atoms with van der Waals surface area (Å²) < 4.78 is 1.61. The van der Waals surface area contributed by atoms with Gasteiger partial charge in [-0.15, -0.1) is 0 Å². The van der Waals surface area contributed by atoms with Gasteiger partial charge >= 0.3 is 5.97 Å². The molecule has 0 aliphatic carbocycles. The minimum Gasteiger partial charge on any atom is -0.476 e. The second-order valence-corrected chi connectivity index (χ2v) is 4.50. The highest BCUT2D eigenvalue weighted by Crippen LogP contribution is 2.04. The smallest absolute Gasteiger partial charge is 0.356 e. The van der Waals surface area contributed by atoms with Gasteiger partial charge in [-0.3, -0.25) is 4.79 Å². The van der Waals surface area contributed by atoms with Crippen molar-refractivity contribution < 1.29 is 14.7 Å². The van der Waals surface area contributed by atoms with E-state index in [1.807, 2.05) is 13.8 Å². The molecular formula is C12H20N4O3. The van der Waals surface area contributed by atoms with Crippen LogP contribution in [0.5, 0.6) is 0 Å². The molecule has 1 unspecified atom stereocenters. The lowest BCUT2D eigenvalue weighted by molar-refractivity contribution is -0.123. The minimum atomic E-state index is -1.07. The maximum Gasteiger partial charge on any atom is 0.356 e. The molecule has 1 rings (SSSR count). The molecule has 4 N–H and O–H groups in total. The van der Waals surface area contributed by atoms with Crippen LogP contribution in [0.3, 0.4) is 0 Å². The maximum atomic E-state index is 11.7. The van der Waals surface area contributed by atoms with Gasteiger partial charge in [0.2, 0.25) is 5.91 Å². The zero-order valence-electron chi connectivity index (χ0n) is 11.2. The number of imidazole rings is 1. The summed E-state index contributed by atoms with van der Waals surface area (Å²) >= 11 is 0. The van der Waals surface area contributed by atoms with Gasteiger partial charge in [0, 0.05) is 19.3 Å². The van der Waals surface area contributed by atoms with Crippen molar-refractivity contribution in [3.63, 3.8) is 0 Å². The summed E-state index contributed by atoms with van der Waals surface area (Å²) in [5, 5.41) is 11.4. The number of amides is 1. The normalized spacial score (nSPS) is 13.8. The van der Waals surface area contributed by atoms with Crippen molar-refractivity contribution >= 4 is 11.9 Å². The predicted molar refractivity (Wildman–Crippen MR) is 69.6 cm³/mol. The molecule has 1 amide bonds. The highest BCUT2D eigenvalue weighted by molar-refractivity contribution is 5.84. The van der Waals surface area contributed by atoms with E-state index in [9.17, 15) is 9.59 Å². The average molecular weight is 268 g/mol. The molecule has 19 heavy (non-hydrogen) atoms. The van der Waals surface area contributed by atoms with Crippen molar-refractivity contribution in [3.05, 3.63) is 18.2 Å². The number of rotatable bonds is 7. The number of carbonyl (C=O) groups excluding carboxylic acids is 1. The van der Waals surface area contributed by atoms with Gasteiger partial charge in [0.15, 0.2) is 5.69 Å². The molecule has 0 saturated heterocycles. The predicted octanol–water partition coefficient (Wildman–Crippen LogP) is 0.0709. The first-order valence-electron chi connectivity index (χ1n) is 6.24. The molecule has 0 aliphatic rings. The Balaban J connectivity index is 2.37. The van der Waals surface area contributed by atoms with Crippen LogP contribution in [0.25, 0.3) is 0 Å². The van der Waals surface area contributed by atoms with Crippen molar-refractivity contribution in [1.29, 1.82) is 0 Å². The fourth-order valence-electron chi connectivity index (χ4n) is 1.53.